The first-order valence-electron chi connectivity index (χ1n) is 13.0. The van der Waals surface area contributed by atoms with E-state index in [0.717, 1.165) is 28.3 Å². The Morgan fingerprint density at radius 2 is 1.59 bits per heavy atom. The molecule has 1 atom stereocenters. The number of hydrogen-bond donors (Lipinski definition) is 1. The van der Waals surface area contributed by atoms with E-state index < -0.39 is 0 Å². The lowest BCUT2D eigenvalue weighted by molar-refractivity contribution is 0.0666. The van der Waals surface area contributed by atoms with Crippen LogP contribution in [0.3, 0.4) is 0 Å². The van der Waals surface area contributed by atoms with Crippen LogP contribution in [0.5, 0.6) is 5.75 Å². The average Bonchev–Trinajstić information content (AvgIpc) is 3.43. The lowest BCUT2D eigenvalue weighted by Crippen LogP contribution is -2.42. The average molecular weight is 516 g/mol. The molecule has 0 saturated heterocycles. The normalized spacial score (nSPS) is 14.5. The Hall–Kier alpha value is -4.91. The zero-order valence-electron chi connectivity index (χ0n) is 21.7. The minimum absolute atomic E-state index is 0.00677. The number of nitrogens with zero attached hydrogens (tertiary/aromatic N) is 4. The molecule has 1 aromatic heterocycles. The summed E-state index contributed by atoms with van der Waals surface area (Å²) >= 11 is 0. The molecule has 1 N–H and O–H groups in total. The molecule has 0 saturated carbocycles. The van der Waals surface area contributed by atoms with E-state index in [-0.39, 0.29) is 12.1 Å². The van der Waals surface area contributed by atoms with Crippen LogP contribution in [0, 0.1) is 6.92 Å². The minimum Gasteiger partial charge on any atom is -0.487 e. The number of aryl methyl sites for hydroxylation is 1. The fourth-order valence-corrected chi connectivity index (χ4v) is 4.85. The van der Waals surface area contributed by atoms with Gasteiger partial charge in [-0.05, 0) is 53.4 Å². The van der Waals surface area contributed by atoms with E-state index in [2.05, 4.69) is 34.7 Å². The van der Waals surface area contributed by atoms with Gasteiger partial charge < -0.3 is 15.0 Å². The summed E-state index contributed by atoms with van der Waals surface area (Å²) in [6.45, 7) is 3.59. The molecule has 194 valence electrons. The molecular weight excluding hydrogens is 486 g/mol. The molecule has 1 aliphatic rings. The van der Waals surface area contributed by atoms with Gasteiger partial charge in [-0.2, -0.15) is 0 Å². The number of carbonyl (C=O) groups is 1. The highest BCUT2D eigenvalue weighted by atomic mass is 16.5. The molecule has 0 aliphatic carbocycles. The minimum atomic E-state index is -0.303. The number of aromatic nitrogens is 3. The summed E-state index contributed by atoms with van der Waals surface area (Å²) in [5.41, 5.74) is 6.77. The maximum absolute atomic E-state index is 13.5. The third kappa shape index (κ3) is 5.38. The van der Waals surface area contributed by atoms with E-state index >= 15 is 0 Å². The number of para-hydroxylation sites is 1. The first-order chi connectivity index (χ1) is 19.1. The van der Waals surface area contributed by atoms with Crippen molar-refractivity contribution in [3.63, 3.8) is 0 Å². The number of benzene rings is 4. The van der Waals surface area contributed by atoms with Gasteiger partial charge in [0.25, 0.3) is 5.91 Å². The van der Waals surface area contributed by atoms with Gasteiger partial charge in [-0.3, -0.25) is 4.79 Å². The first-order valence-corrected chi connectivity index (χ1v) is 13.0. The smallest absolute Gasteiger partial charge is 0.258 e. The summed E-state index contributed by atoms with van der Waals surface area (Å²) in [6.07, 6.45) is 1.61. The lowest BCUT2D eigenvalue weighted by Gasteiger charge is -2.38. The number of amides is 1. The first kappa shape index (κ1) is 24.4. The number of nitrogens with one attached hydrogen (secondary N) is 1. The summed E-state index contributed by atoms with van der Waals surface area (Å²) in [7, 11) is 0. The van der Waals surface area contributed by atoms with E-state index in [1.807, 2.05) is 107 Å². The quantitative estimate of drug-likeness (QED) is 0.275. The van der Waals surface area contributed by atoms with Crippen molar-refractivity contribution in [2.75, 3.05) is 5.32 Å². The van der Waals surface area contributed by atoms with Crippen molar-refractivity contribution in [3.8, 4) is 5.75 Å². The number of hydrogen-bond acceptors (Lipinski definition) is 5. The summed E-state index contributed by atoms with van der Waals surface area (Å²) in [5, 5.41) is 12.1. The molecule has 0 spiro atoms. The van der Waals surface area contributed by atoms with Crippen molar-refractivity contribution in [3.05, 3.63) is 143 Å². The van der Waals surface area contributed by atoms with E-state index in [4.69, 9.17) is 4.74 Å². The second kappa shape index (κ2) is 10.8. The Kier molecular flexibility index (Phi) is 6.78. The highest BCUT2D eigenvalue weighted by Gasteiger charge is 2.32. The van der Waals surface area contributed by atoms with E-state index in [0.29, 0.717) is 25.3 Å². The van der Waals surface area contributed by atoms with Crippen LogP contribution in [-0.4, -0.2) is 25.8 Å². The SMILES string of the molecule is Cc1ccccc1Cn1cc(COc2ccc(C3Nc4ccccc4C(=O)N3Cc3ccccc3)cc2)nn1. The molecule has 4 aromatic carbocycles. The monoisotopic (exact) mass is 515 g/mol. The number of carbonyl (C=O) groups excluding carboxylic acids is 1. The molecule has 7 nitrogen and oxygen atoms in total. The summed E-state index contributed by atoms with van der Waals surface area (Å²) in [4.78, 5) is 15.4. The highest BCUT2D eigenvalue weighted by Crippen LogP contribution is 2.34. The van der Waals surface area contributed by atoms with E-state index in [1.54, 1.807) is 0 Å². The van der Waals surface area contributed by atoms with Crippen LogP contribution in [0.15, 0.2) is 109 Å². The van der Waals surface area contributed by atoms with Gasteiger partial charge in [0.05, 0.1) is 18.3 Å². The van der Waals surface area contributed by atoms with Crippen LogP contribution in [0.2, 0.25) is 0 Å². The molecule has 6 rings (SSSR count). The Balaban J connectivity index is 1.15. The lowest BCUT2D eigenvalue weighted by atomic mass is 10.0. The Morgan fingerprint density at radius 3 is 2.41 bits per heavy atom. The van der Waals surface area contributed by atoms with Crippen LogP contribution in [0.1, 0.15) is 44.5 Å². The molecule has 39 heavy (non-hydrogen) atoms. The molecule has 0 bridgehead atoms. The van der Waals surface area contributed by atoms with Crippen molar-refractivity contribution in [1.29, 1.82) is 0 Å². The topological polar surface area (TPSA) is 72.3 Å². The zero-order chi connectivity index (χ0) is 26.6. The van der Waals surface area contributed by atoms with Crippen molar-refractivity contribution in [2.45, 2.75) is 32.8 Å². The summed E-state index contributed by atoms with van der Waals surface area (Å²) in [6, 6.07) is 33.8. The molecule has 1 amide bonds. The van der Waals surface area contributed by atoms with Gasteiger partial charge >= 0.3 is 0 Å². The van der Waals surface area contributed by atoms with Crippen LogP contribution in [-0.2, 0) is 19.7 Å². The van der Waals surface area contributed by atoms with Gasteiger partial charge in [-0.15, -0.1) is 5.10 Å². The fourth-order valence-electron chi connectivity index (χ4n) is 4.85. The third-order valence-corrected chi connectivity index (χ3v) is 6.98. The van der Waals surface area contributed by atoms with Gasteiger partial charge in [0.2, 0.25) is 0 Å². The van der Waals surface area contributed by atoms with E-state index in [1.165, 1.54) is 11.1 Å². The molecule has 1 aliphatic heterocycles. The van der Waals surface area contributed by atoms with Crippen LogP contribution in [0.4, 0.5) is 5.69 Å². The second-order valence-electron chi connectivity index (χ2n) is 9.70. The Bertz CT molecular complexity index is 1580. The largest absolute Gasteiger partial charge is 0.487 e. The molecule has 2 heterocycles. The van der Waals surface area contributed by atoms with Crippen LogP contribution in [0.25, 0.3) is 0 Å². The van der Waals surface area contributed by atoms with Crippen LogP contribution < -0.4 is 10.1 Å². The Labute approximate surface area is 227 Å². The maximum Gasteiger partial charge on any atom is 0.258 e. The zero-order valence-corrected chi connectivity index (χ0v) is 21.7. The van der Waals surface area contributed by atoms with Gasteiger partial charge in [0, 0.05) is 12.2 Å². The number of fused-ring (bicyclic) bond motifs is 1. The molecule has 5 aromatic rings. The van der Waals surface area contributed by atoms with Gasteiger partial charge in [0.15, 0.2) is 0 Å². The predicted molar refractivity (Wildman–Crippen MR) is 150 cm³/mol. The maximum atomic E-state index is 13.5. The number of anilines is 1. The Morgan fingerprint density at radius 1 is 0.846 bits per heavy atom. The third-order valence-electron chi connectivity index (χ3n) is 6.98. The van der Waals surface area contributed by atoms with Gasteiger partial charge in [-0.25, -0.2) is 4.68 Å². The van der Waals surface area contributed by atoms with E-state index in [9.17, 15) is 4.79 Å². The molecule has 7 heteroatoms. The predicted octanol–water partition coefficient (Wildman–Crippen LogP) is 5.98. The summed E-state index contributed by atoms with van der Waals surface area (Å²) in [5.74, 6) is 0.733. The molecule has 1 unspecified atom stereocenters. The van der Waals surface area contributed by atoms with Gasteiger partial charge in [0.1, 0.15) is 24.2 Å². The second-order valence-corrected chi connectivity index (χ2v) is 9.70. The highest BCUT2D eigenvalue weighted by molar-refractivity contribution is 6.01. The van der Waals surface area contributed by atoms with Crippen LogP contribution >= 0.6 is 0 Å². The number of rotatable bonds is 8. The standard InChI is InChI=1S/C32H29N5O2/c1-23-9-5-6-12-26(23)20-36-21-27(34-35-36)22-39-28-17-15-25(16-18-28)31-33-30-14-8-7-13-29(30)32(38)37(31)19-24-10-3-2-4-11-24/h2-18,21,31,33H,19-20,22H2,1H3. The fraction of sp³-hybridized carbons (Fsp3) is 0.156. The van der Waals surface area contributed by atoms with Crippen molar-refractivity contribution in [2.24, 2.45) is 0 Å². The van der Waals surface area contributed by atoms with Crippen molar-refractivity contribution >= 4 is 11.6 Å². The molecule has 0 radical (unpaired) electrons. The molecular formula is C32H29N5O2. The number of ether oxygens (including phenoxy) is 1. The van der Waals surface area contributed by atoms with Crippen molar-refractivity contribution in [1.82, 2.24) is 19.9 Å². The molecule has 0 fully saturated rings. The summed E-state index contributed by atoms with van der Waals surface area (Å²) < 4.78 is 7.83. The van der Waals surface area contributed by atoms with Crippen molar-refractivity contribution < 1.29 is 9.53 Å². The van der Waals surface area contributed by atoms with Gasteiger partial charge in [-0.1, -0.05) is 84.1 Å².